The van der Waals surface area contributed by atoms with Crippen LogP contribution < -0.4 is 5.32 Å². The zero-order valence-electron chi connectivity index (χ0n) is 12.3. The van der Waals surface area contributed by atoms with Gasteiger partial charge < -0.3 is 5.32 Å². The molecule has 104 valence electrons. The van der Waals surface area contributed by atoms with E-state index in [1.54, 1.807) is 6.33 Å². The van der Waals surface area contributed by atoms with Crippen LogP contribution in [0.15, 0.2) is 18.5 Å². The molecule has 1 N–H and O–H groups in total. The molecular weight excluding hydrogens is 236 g/mol. The highest BCUT2D eigenvalue weighted by molar-refractivity contribution is 5.51. The summed E-state index contributed by atoms with van der Waals surface area (Å²) in [5, 5.41) is 7.81. The van der Waals surface area contributed by atoms with Gasteiger partial charge in [-0.3, -0.25) is 0 Å². The first-order valence-electron chi connectivity index (χ1n) is 7.13. The van der Waals surface area contributed by atoms with Gasteiger partial charge in [0.2, 0.25) is 0 Å². The maximum atomic E-state index is 4.26. The molecule has 19 heavy (non-hydrogen) atoms. The molecule has 4 nitrogen and oxygen atoms in total. The quantitative estimate of drug-likeness (QED) is 0.861. The van der Waals surface area contributed by atoms with Crippen molar-refractivity contribution < 1.29 is 0 Å². The minimum absolute atomic E-state index is 0.452. The molecule has 4 heteroatoms. The topological polar surface area (TPSA) is 42.2 Å². The molecule has 0 bridgehead atoms. The SMILES string of the molecule is Cc1cc(NC(C)CCCC(C)C)n2ncnc2c1. The largest absolute Gasteiger partial charge is 0.367 e. The summed E-state index contributed by atoms with van der Waals surface area (Å²) >= 11 is 0. The molecule has 0 aromatic carbocycles. The van der Waals surface area contributed by atoms with Gasteiger partial charge in [-0.25, -0.2) is 4.98 Å². The van der Waals surface area contributed by atoms with Crippen molar-refractivity contribution in [2.75, 3.05) is 5.32 Å². The Hall–Kier alpha value is -1.58. The van der Waals surface area contributed by atoms with E-state index >= 15 is 0 Å². The van der Waals surface area contributed by atoms with E-state index < -0.39 is 0 Å². The number of pyridine rings is 1. The van der Waals surface area contributed by atoms with Crippen LogP contribution in [0.3, 0.4) is 0 Å². The molecule has 0 amide bonds. The Bertz CT molecular complexity index is 530. The lowest BCUT2D eigenvalue weighted by molar-refractivity contribution is 0.519. The monoisotopic (exact) mass is 260 g/mol. The van der Waals surface area contributed by atoms with Gasteiger partial charge in [-0.1, -0.05) is 26.7 Å². The van der Waals surface area contributed by atoms with Crippen molar-refractivity contribution in [1.29, 1.82) is 0 Å². The van der Waals surface area contributed by atoms with Gasteiger partial charge in [-0.15, -0.1) is 0 Å². The fraction of sp³-hybridized carbons (Fsp3) is 0.600. The molecule has 0 saturated heterocycles. The molecule has 1 atom stereocenters. The summed E-state index contributed by atoms with van der Waals surface area (Å²) in [5.74, 6) is 1.82. The second-order valence-corrected chi connectivity index (χ2v) is 5.82. The van der Waals surface area contributed by atoms with Crippen LogP contribution in [0.2, 0.25) is 0 Å². The highest BCUT2D eigenvalue weighted by Gasteiger charge is 2.08. The van der Waals surface area contributed by atoms with Crippen LogP contribution in [0, 0.1) is 12.8 Å². The Kier molecular flexibility index (Phi) is 4.40. The molecule has 0 aliphatic heterocycles. The van der Waals surface area contributed by atoms with E-state index in [1.165, 1.54) is 24.8 Å². The summed E-state index contributed by atoms with van der Waals surface area (Å²) in [6.45, 7) is 8.86. The van der Waals surface area contributed by atoms with Crippen LogP contribution in [-0.2, 0) is 0 Å². The highest BCUT2D eigenvalue weighted by atomic mass is 15.3. The first kappa shape index (κ1) is 13.8. The fourth-order valence-corrected chi connectivity index (χ4v) is 2.32. The molecule has 0 aliphatic carbocycles. The summed E-state index contributed by atoms with van der Waals surface area (Å²) in [7, 11) is 0. The Morgan fingerprint density at radius 1 is 1.21 bits per heavy atom. The summed E-state index contributed by atoms with van der Waals surface area (Å²) < 4.78 is 1.87. The van der Waals surface area contributed by atoms with Gasteiger partial charge in [0.05, 0.1) is 0 Å². The molecule has 0 aliphatic rings. The predicted molar refractivity (Wildman–Crippen MR) is 79.5 cm³/mol. The predicted octanol–water partition coefficient (Wildman–Crippen LogP) is 3.66. The molecule has 2 rings (SSSR count). The zero-order chi connectivity index (χ0) is 13.8. The van der Waals surface area contributed by atoms with Crippen molar-refractivity contribution in [3.05, 3.63) is 24.0 Å². The number of hydrogen-bond acceptors (Lipinski definition) is 3. The van der Waals surface area contributed by atoms with Crippen molar-refractivity contribution in [1.82, 2.24) is 14.6 Å². The van der Waals surface area contributed by atoms with Crippen LogP contribution >= 0.6 is 0 Å². The first-order valence-corrected chi connectivity index (χ1v) is 7.13. The summed E-state index contributed by atoms with van der Waals surface area (Å²) in [6.07, 6.45) is 5.34. The second kappa shape index (κ2) is 6.04. The minimum Gasteiger partial charge on any atom is -0.367 e. The fourth-order valence-electron chi connectivity index (χ4n) is 2.32. The standard InChI is InChI=1S/C15H24N4/c1-11(2)6-5-7-13(4)18-15-9-12(3)8-14-16-10-17-19(14)15/h8-11,13,18H,5-7H2,1-4H3. The number of anilines is 1. The highest BCUT2D eigenvalue weighted by Crippen LogP contribution is 2.16. The van der Waals surface area contributed by atoms with E-state index in [9.17, 15) is 0 Å². The van der Waals surface area contributed by atoms with Gasteiger partial charge in [-0.05, 0) is 43.9 Å². The normalized spacial score (nSPS) is 13.1. The van der Waals surface area contributed by atoms with Crippen LogP contribution in [0.1, 0.15) is 45.6 Å². The first-order chi connectivity index (χ1) is 9.06. The molecule has 2 heterocycles. The number of rotatable bonds is 6. The van der Waals surface area contributed by atoms with E-state index in [0.29, 0.717) is 6.04 Å². The average Bonchev–Trinajstić information content (AvgIpc) is 2.76. The van der Waals surface area contributed by atoms with Gasteiger partial charge >= 0.3 is 0 Å². The summed E-state index contributed by atoms with van der Waals surface area (Å²) in [5.41, 5.74) is 2.11. The molecule has 1 unspecified atom stereocenters. The van der Waals surface area contributed by atoms with Crippen LogP contribution in [-0.4, -0.2) is 20.6 Å². The number of hydrogen-bond donors (Lipinski definition) is 1. The molecule has 0 fully saturated rings. The molecule has 0 spiro atoms. The van der Waals surface area contributed by atoms with Crippen LogP contribution in [0.25, 0.3) is 5.65 Å². The Labute approximate surface area is 115 Å². The van der Waals surface area contributed by atoms with E-state index in [0.717, 1.165) is 17.4 Å². The van der Waals surface area contributed by atoms with Gasteiger partial charge in [0.25, 0.3) is 0 Å². The van der Waals surface area contributed by atoms with E-state index in [-0.39, 0.29) is 0 Å². The molecule has 0 radical (unpaired) electrons. The van der Waals surface area contributed by atoms with Gasteiger partial charge in [0.1, 0.15) is 12.1 Å². The van der Waals surface area contributed by atoms with Crippen LogP contribution in [0.4, 0.5) is 5.82 Å². The van der Waals surface area contributed by atoms with Crippen molar-refractivity contribution >= 4 is 11.5 Å². The third-order valence-electron chi connectivity index (χ3n) is 3.34. The van der Waals surface area contributed by atoms with Gasteiger partial charge in [-0.2, -0.15) is 9.61 Å². The minimum atomic E-state index is 0.452. The number of aromatic nitrogens is 3. The zero-order valence-corrected chi connectivity index (χ0v) is 12.3. The van der Waals surface area contributed by atoms with Crippen molar-refractivity contribution in [3.8, 4) is 0 Å². The summed E-state index contributed by atoms with van der Waals surface area (Å²) in [6, 6.07) is 4.62. The van der Waals surface area contributed by atoms with Crippen LogP contribution in [0.5, 0.6) is 0 Å². The molecular formula is C15H24N4. The number of nitrogens with zero attached hydrogens (tertiary/aromatic N) is 3. The van der Waals surface area contributed by atoms with Gasteiger partial charge in [0.15, 0.2) is 5.65 Å². The smallest absolute Gasteiger partial charge is 0.157 e. The number of aryl methyl sites for hydroxylation is 1. The van der Waals surface area contributed by atoms with E-state index in [2.05, 4.69) is 49.2 Å². The summed E-state index contributed by atoms with van der Waals surface area (Å²) in [4.78, 5) is 4.24. The Morgan fingerprint density at radius 3 is 2.74 bits per heavy atom. The molecule has 2 aromatic heterocycles. The van der Waals surface area contributed by atoms with E-state index in [1.807, 2.05) is 10.6 Å². The maximum absolute atomic E-state index is 4.26. The second-order valence-electron chi connectivity index (χ2n) is 5.82. The van der Waals surface area contributed by atoms with Crippen molar-refractivity contribution in [3.63, 3.8) is 0 Å². The van der Waals surface area contributed by atoms with Gasteiger partial charge in [0, 0.05) is 6.04 Å². The number of nitrogens with one attached hydrogen (secondary N) is 1. The van der Waals surface area contributed by atoms with Crippen molar-refractivity contribution in [2.45, 2.75) is 53.0 Å². The maximum Gasteiger partial charge on any atom is 0.157 e. The Morgan fingerprint density at radius 2 is 2.00 bits per heavy atom. The van der Waals surface area contributed by atoms with E-state index in [4.69, 9.17) is 0 Å². The third kappa shape index (κ3) is 3.69. The molecule has 0 saturated carbocycles. The Balaban J connectivity index is 2.02. The lowest BCUT2D eigenvalue weighted by atomic mass is 10.0. The van der Waals surface area contributed by atoms with Crippen molar-refractivity contribution in [2.24, 2.45) is 5.92 Å². The molecule has 2 aromatic rings. The number of fused-ring (bicyclic) bond motifs is 1. The average molecular weight is 260 g/mol. The third-order valence-corrected chi connectivity index (χ3v) is 3.34. The lowest BCUT2D eigenvalue weighted by Crippen LogP contribution is -2.17. The lowest BCUT2D eigenvalue weighted by Gasteiger charge is -2.16.